The Labute approximate surface area is 189 Å². The largest absolute Gasteiger partial charge is 0.503 e. The van der Waals surface area contributed by atoms with Crippen molar-refractivity contribution in [2.24, 2.45) is 0 Å². The summed E-state index contributed by atoms with van der Waals surface area (Å²) in [5.41, 5.74) is 2.85. The third-order valence-electron chi connectivity index (χ3n) is 6.18. The molecule has 5 rings (SSSR count). The summed E-state index contributed by atoms with van der Waals surface area (Å²) in [7, 11) is 1.77. The highest BCUT2D eigenvalue weighted by Crippen LogP contribution is 2.47. The molecule has 1 amide bonds. The Balaban J connectivity index is 0.000000567. The molecule has 2 aromatic rings. The first-order valence-electron chi connectivity index (χ1n) is 10.8. The molecular weight excluding hydrogens is 434 g/mol. The van der Waals surface area contributed by atoms with E-state index in [2.05, 4.69) is 22.4 Å². The number of amides is 1. The number of aromatic nitrogens is 2. The number of nitrogens with zero attached hydrogens (tertiary/aromatic N) is 2. The SMILES string of the molecule is COC1(C)CCc2c(sc(NC(=O)C3=CCCC3)c2-c2nc(C3CC3)no2)C1.O=C(O)O. The molecule has 0 bridgehead atoms. The minimum atomic E-state index is -1.83. The maximum Gasteiger partial charge on any atom is 0.503 e. The second kappa shape index (κ2) is 9.03. The Morgan fingerprint density at radius 2 is 2.06 bits per heavy atom. The van der Waals surface area contributed by atoms with Gasteiger partial charge in [-0.3, -0.25) is 4.79 Å². The van der Waals surface area contributed by atoms with Crippen molar-refractivity contribution >= 4 is 28.4 Å². The molecule has 2 heterocycles. The molecule has 2 aromatic heterocycles. The van der Waals surface area contributed by atoms with E-state index in [1.165, 1.54) is 10.4 Å². The lowest BCUT2D eigenvalue weighted by atomic mass is 9.84. The number of rotatable bonds is 5. The zero-order valence-electron chi connectivity index (χ0n) is 18.1. The van der Waals surface area contributed by atoms with Gasteiger partial charge >= 0.3 is 6.16 Å². The normalized spacial score (nSPS) is 21.9. The van der Waals surface area contributed by atoms with E-state index in [9.17, 15) is 4.79 Å². The van der Waals surface area contributed by atoms with E-state index in [0.717, 1.165) is 73.3 Å². The van der Waals surface area contributed by atoms with Crippen LogP contribution in [0.3, 0.4) is 0 Å². The zero-order chi connectivity index (χ0) is 22.9. The van der Waals surface area contributed by atoms with Crippen LogP contribution in [0, 0.1) is 0 Å². The van der Waals surface area contributed by atoms with Gasteiger partial charge in [-0.1, -0.05) is 11.2 Å². The molecule has 0 aromatic carbocycles. The highest BCUT2D eigenvalue weighted by molar-refractivity contribution is 7.17. The molecule has 0 saturated heterocycles. The van der Waals surface area contributed by atoms with Crippen molar-refractivity contribution in [1.29, 1.82) is 0 Å². The van der Waals surface area contributed by atoms with Crippen molar-refractivity contribution in [3.63, 3.8) is 0 Å². The number of carbonyl (C=O) groups excluding carboxylic acids is 1. The van der Waals surface area contributed by atoms with Gasteiger partial charge in [-0.15, -0.1) is 11.3 Å². The maximum atomic E-state index is 12.8. The summed E-state index contributed by atoms with van der Waals surface area (Å²) in [5.74, 6) is 1.76. The summed E-state index contributed by atoms with van der Waals surface area (Å²) in [6.45, 7) is 2.15. The van der Waals surface area contributed by atoms with Crippen molar-refractivity contribution in [3.8, 4) is 11.5 Å². The molecule has 9 nitrogen and oxygen atoms in total. The number of methoxy groups -OCH3 is 1. The first-order chi connectivity index (χ1) is 15.3. The Bertz CT molecular complexity index is 1050. The average molecular weight is 462 g/mol. The molecule has 10 heteroatoms. The van der Waals surface area contributed by atoms with Crippen LogP contribution in [-0.4, -0.2) is 45.1 Å². The second-order valence-corrected chi connectivity index (χ2v) is 9.73. The van der Waals surface area contributed by atoms with Gasteiger partial charge in [0.1, 0.15) is 5.00 Å². The van der Waals surface area contributed by atoms with Crippen molar-refractivity contribution < 1.29 is 29.1 Å². The van der Waals surface area contributed by atoms with Crippen LogP contribution in [0.25, 0.3) is 11.5 Å². The summed E-state index contributed by atoms with van der Waals surface area (Å²) in [6.07, 6.45) is 8.00. The second-order valence-electron chi connectivity index (χ2n) is 8.63. The Morgan fingerprint density at radius 1 is 1.31 bits per heavy atom. The molecule has 1 fully saturated rings. The Hall–Kier alpha value is -2.72. The Kier molecular flexibility index (Phi) is 6.34. The number of hydrogen-bond donors (Lipinski definition) is 3. The van der Waals surface area contributed by atoms with Gasteiger partial charge in [0.2, 0.25) is 0 Å². The number of fused-ring (bicyclic) bond motifs is 1. The smallest absolute Gasteiger partial charge is 0.450 e. The van der Waals surface area contributed by atoms with Crippen molar-refractivity contribution in [2.75, 3.05) is 12.4 Å². The number of ether oxygens (including phenoxy) is 1. The third-order valence-corrected chi connectivity index (χ3v) is 7.33. The van der Waals surface area contributed by atoms with Crippen molar-refractivity contribution in [3.05, 3.63) is 27.9 Å². The molecule has 3 N–H and O–H groups in total. The summed E-state index contributed by atoms with van der Waals surface area (Å²) in [5, 5.41) is 22.1. The number of carboxylic acid groups (broad SMARTS) is 2. The quantitative estimate of drug-likeness (QED) is 0.576. The highest BCUT2D eigenvalue weighted by Gasteiger charge is 2.36. The van der Waals surface area contributed by atoms with Crippen LogP contribution in [0.4, 0.5) is 9.80 Å². The molecule has 1 saturated carbocycles. The minimum absolute atomic E-state index is 0.00576. The summed E-state index contributed by atoms with van der Waals surface area (Å²) >= 11 is 1.63. The molecular formula is C22H27N3O6S. The fourth-order valence-electron chi connectivity index (χ4n) is 4.13. The van der Waals surface area contributed by atoms with Gasteiger partial charge in [0, 0.05) is 29.9 Å². The number of thiophene rings is 1. The van der Waals surface area contributed by atoms with Gasteiger partial charge < -0.3 is 24.8 Å². The lowest BCUT2D eigenvalue weighted by Gasteiger charge is -2.32. The van der Waals surface area contributed by atoms with Crippen molar-refractivity contribution in [2.45, 2.75) is 69.8 Å². The molecule has 172 valence electrons. The molecule has 1 atom stereocenters. The summed E-state index contributed by atoms with van der Waals surface area (Å²) in [4.78, 5) is 27.2. The van der Waals surface area contributed by atoms with E-state index in [-0.39, 0.29) is 11.5 Å². The van der Waals surface area contributed by atoms with E-state index >= 15 is 0 Å². The van der Waals surface area contributed by atoms with Crippen molar-refractivity contribution in [1.82, 2.24) is 10.1 Å². The first kappa shape index (κ1) is 22.5. The van der Waals surface area contributed by atoms with Gasteiger partial charge in [-0.2, -0.15) is 4.98 Å². The minimum Gasteiger partial charge on any atom is -0.450 e. The van der Waals surface area contributed by atoms with Crippen LogP contribution in [-0.2, 0) is 22.4 Å². The van der Waals surface area contributed by atoms with Crippen LogP contribution in [0.15, 0.2) is 16.2 Å². The number of hydrogen-bond acceptors (Lipinski definition) is 7. The number of allylic oxidation sites excluding steroid dienone is 1. The van der Waals surface area contributed by atoms with Crippen LogP contribution in [0.1, 0.15) is 67.6 Å². The monoisotopic (exact) mass is 461 g/mol. The van der Waals surface area contributed by atoms with E-state index in [4.69, 9.17) is 24.3 Å². The Morgan fingerprint density at radius 3 is 2.69 bits per heavy atom. The van der Waals surface area contributed by atoms with Gasteiger partial charge in [-0.05, 0) is 57.4 Å². The predicted molar refractivity (Wildman–Crippen MR) is 118 cm³/mol. The van der Waals surface area contributed by atoms with Crippen LogP contribution in [0.2, 0.25) is 0 Å². The van der Waals surface area contributed by atoms with E-state index < -0.39 is 6.16 Å². The summed E-state index contributed by atoms with van der Waals surface area (Å²) < 4.78 is 11.4. The van der Waals surface area contributed by atoms with Gasteiger partial charge in [0.05, 0.1) is 11.2 Å². The maximum absolute atomic E-state index is 12.8. The molecule has 1 unspecified atom stereocenters. The number of nitrogens with one attached hydrogen (secondary N) is 1. The van der Waals surface area contributed by atoms with Gasteiger partial charge in [0.15, 0.2) is 5.82 Å². The third kappa shape index (κ3) is 4.86. The number of carbonyl (C=O) groups is 2. The van der Waals surface area contributed by atoms with Gasteiger partial charge in [0.25, 0.3) is 11.8 Å². The first-order valence-corrected chi connectivity index (χ1v) is 11.6. The van der Waals surface area contributed by atoms with E-state index in [0.29, 0.717) is 11.8 Å². The van der Waals surface area contributed by atoms with Crippen LogP contribution < -0.4 is 5.32 Å². The molecule has 0 radical (unpaired) electrons. The average Bonchev–Trinajstić information content (AvgIpc) is 3.15. The lowest BCUT2D eigenvalue weighted by Crippen LogP contribution is -2.33. The molecule has 3 aliphatic rings. The van der Waals surface area contributed by atoms with Gasteiger partial charge in [-0.25, -0.2) is 4.79 Å². The lowest BCUT2D eigenvalue weighted by molar-refractivity contribution is -0.112. The van der Waals surface area contributed by atoms with Crippen LogP contribution >= 0.6 is 11.3 Å². The zero-order valence-corrected chi connectivity index (χ0v) is 19.0. The standard InChI is InChI=1S/C21H25N3O3S.CH2O3/c1-21(26-2)10-9-14-15(11-21)28-20(23-18(25)13-5-3-4-6-13)16(14)19-22-17(24-27-19)12-7-8-12;2-1(3)4/h5,12H,3-4,6-11H2,1-2H3,(H,23,25);(H2,2,3,4). The highest BCUT2D eigenvalue weighted by atomic mass is 32.1. The fraction of sp³-hybridized carbons (Fsp3) is 0.545. The topological polar surface area (TPSA) is 135 Å². The fourth-order valence-corrected chi connectivity index (χ4v) is 5.54. The predicted octanol–water partition coefficient (Wildman–Crippen LogP) is 4.84. The number of anilines is 1. The molecule has 3 aliphatic carbocycles. The molecule has 0 spiro atoms. The van der Waals surface area contributed by atoms with E-state index in [1.54, 1.807) is 18.4 Å². The van der Waals surface area contributed by atoms with Crippen LogP contribution in [0.5, 0.6) is 0 Å². The molecule has 32 heavy (non-hydrogen) atoms. The molecule has 0 aliphatic heterocycles. The van der Waals surface area contributed by atoms with E-state index in [1.807, 2.05) is 6.08 Å². The summed E-state index contributed by atoms with van der Waals surface area (Å²) in [6, 6.07) is 0.